The number of amides is 1. The summed E-state index contributed by atoms with van der Waals surface area (Å²) in [5, 5.41) is 3.49. The predicted octanol–water partition coefficient (Wildman–Crippen LogP) is 2.94. The van der Waals surface area contributed by atoms with E-state index in [1.807, 2.05) is 26.8 Å². The highest BCUT2D eigenvalue weighted by Gasteiger charge is 2.15. The van der Waals surface area contributed by atoms with Crippen LogP contribution in [0.15, 0.2) is 18.2 Å². The molecule has 17 heavy (non-hydrogen) atoms. The Morgan fingerprint density at radius 1 is 1.35 bits per heavy atom. The highest BCUT2D eigenvalue weighted by atomic mass is 35.5. The van der Waals surface area contributed by atoms with Gasteiger partial charge >= 0.3 is 0 Å². The average Bonchev–Trinajstić information content (AvgIpc) is 2.22. The average molecular weight is 256 g/mol. The van der Waals surface area contributed by atoms with Gasteiger partial charge in [-0.05, 0) is 51.5 Å². The molecule has 0 aliphatic heterocycles. The first-order valence-corrected chi connectivity index (χ1v) is 6.01. The van der Waals surface area contributed by atoms with E-state index in [4.69, 9.17) is 16.3 Å². The predicted molar refractivity (Wildman–Crippen MR) is 69.6 cm³/mol. The fourth-order valence-corrected chi connectivity index (χ4v) is 1.47. The summed E-state index contributed by atoms with van der Waals surface area (Å²) in [6.07, 6.45) is -0.516. The van der Waals surface area contributed by atoms with E-state index >= 15 is 0 Å². The van der Waals surface area contributed by atoms with Crippen molar-refractivity contribution in [3.8, 4) is 5.75 Å². The van der Waals surface area contributed by atoms with Crippen molar-refractivity contribution in [2.24, 2.45) is 0 Å². The fraction of sp³-hybridized carbons (Fsp3) is 0.462. The first kappa shape index (κ1) is 13.8. The molecule has 0 saturated heterocycles. The van der Waals surface area contributed by atoms with Crippen molar-refractivity contribution in [1.82, 2.24) is 5.32 Å². The van der Waals surface area contributed by atoms with Crippen LogP contribution in [0.4, 0.5) is 0 Å². The summed E-state index contributed by atoms with van der Waals surface area (Å²) in [7, 11) is 0. The molecule has 1 aromatic rings. The summed E-state index contributed by atoms with van der Waals surface area (Å²) in [6, 6.07) is 5.45. The third-order valence-electron chi connectivity index (χ3n) is 2.24. The molecule has 0 aliphatic rings. The Morgan fingerprint density at radius 3 is 2.53 bits per heavy atom. The molecule has 1 aromatic carbocycles. The van der Waals surface area contributed by atoms with Gasteiger partial charge in [0, 0.05) is 11.1 Å². The smallest absolute Gasteiger partial charge is 0.260 e. The Kier molecular flexibility index (Phi) is 4.82. The van der Waals surface area contributed by atoms with Crippen LogP contribution in [0.5, 0.6) is 5.75 Å². The van der Waals surface area contributed by atoms with Crippen LogP contribution in [0.25, 0.3) is 0 Å². The van der Waals surface area contributed by atoms with E-state index < -0.39 is 6.10 Å². The van der Waals surface area contributed by atoms with Crippen molar-refractivity contribution in [3.63, 3.8) is 0 Å². The van der Waals surface area contributed by atoms with Crippen LogP contribution in [-0.2, 0) is 4.79 Å². The molecule has 1 unspecified atom stereocenters. The lowest BCUT2D eigenvalue weighted by Crippen LogP contribution is -2.40. The lowest BCUT2D eigenvalue weighted by Gasteiger charge is -2.16. The quantitative estimate of drug-likeness (QED) is 0.898. The van der Waals surface area contributed by atoms with E-state index in [1.54, 1.807) is 19.1 Å². The van der Waals surface area contributed by atoms with Crippen molar-refractivity contribution in [1.29, 1.82) is 0 Å². The minimum Gasteiger partial charge on any atom is -0.481 e. The van der Waals surface area contributed by atoms with Crippen LogP contribution in [0.2, 0.25) is 5.02 Å². The molecule has 0 fully saturated rings. The summed E-state index contributed by atoms with van der Waals surface area (Å²) >= 11 is 5.91. The Hall–Kier alpha value is -1.22. The lowest BCUT2D eigenvalue weighted by molar-refractivity contribution is -0.127. The number of carbonyl (C=O) groups is 1. The molecule has 0 radical (unpaired) electrons. The summed E-state index contributed by atoms with van der Waals surface area (Å²) in [6.45, 7) is 7.45. The van der Waals surface area contributed by atoms with Gasteiger partial charge in [-0.1, -0.05) is 11.6 Å². The van der Waals surface area contributed by atoms with E-state index in [9.17, 15) is 4.79 Å². The fourth-order valence-electron chi connectivity index (χ4n) is 1.35. The van der Waals surface area contributed by atoms with Crippen LogP contribution in [0.3, 0.4) is 0 Å². The molecule has 1 amide bonds. The van der Waals surface area contributed by atoms with Crippen LogP contribution in [-0.4, -0.2) is 18.1 Å². The highest BCUT2D eigenvalue weighted by Crippen LogP contribution is 2.21. The van der Waals surface area contributed by atoms with Crippen LogP contribution in [0.1, 0.15) is 26.3 Å². The molecule has 0 heterocycles. The number of halogens is 1. The first-order valence-electron chi connectivity index (χ1n) is 5.63. The number of hydrogen-bond acceptors (Lipinski definition) is 2. The number of aryl methyl sites for hydroxylation is 1. The van der Waals surface area contributed by atoms with Gasteiger partial charge in [0.1, 0.15) is 5.75 Å². The van der Waals surface area contributed by atoms with Crippen molar-refractivity contribution >= 4 is 17.5 Å². The van der Waals surface area contributed by atoms with Crippen LogP contribution >= 0.6 is 11.6 Å². The topological polar surface area (TPSA) is 38.3 Å². The minimum atomic E-state index is -0.516. The molecular weight excluding hydrogens is 238 g/mol. The molecule has 0 bridgehead atoms. The van der Waals surface area contributed by atoms with Gasteiger partial charge in [0.2, 0.25) is 0 Å². The second-order valence-electron chi connectivity index (χ2n) is 4.33. The van der Waals surface area contributed by atoms with Gasteiger partial charge in [-0.15, -0.1) is 0 Å². The van der Waals surface area contributed by atoms with Gasteiger partial charge in [0.25, 0.3) is 5.91 Å². The first-order chi connectivity index (χ1) is 7.90. The minimum absolute atomic E-state index is 0.112. The summed E-state index contributed by atoms with van der Waals surface area (Å²) < 4.78 is 5.54. The van der Waals surface area contributed by atoms with Gasteiger partial charge < -0.3 is 10.1 Å². The number of ether oxygens (including phenoxy) is 1. The summed E-state index contributed by atoms with van der Waals surface area (Å²) in [5.74, 6) is 0.533. The van der Waals surface area contributed by atoms with Gasteiger partial charge in [-0.2, -0.15) is 0 Å². The SMILES string of the molecule is Cc1cc(OC(C)C(=O)NC(C)C)ccc1Cl. The third kappa shape index (κ3) is 4.27. The maximum atomic E-state index is 11.6. The molecule has 3 nitrogen and oxygen atoms in total. The van der Waals surface area contributed by atoms with E-state index in [2.05, 4.69) is 5.32 Å². The van der Waals surface area contributed by atoms with E-state index in [0.29, 0.717) is 10.8 Å². The Bertz CT molecular complexity index is 404. The summed E-state index contributed by atoms with van der Waals surface area (Å²) in [4.78, 5) is 11.6. The zero-order chi connectivity index (χ0) is 13.0. The molecule has 4 heteroatoms. The van der Waals surface area contributed by atoms with Crippen molar-refractivity contribution in [3.05, 3.63) is 28.8 Å². The van der Waals surface area contributed by atoms with E-state index in [1.165, 1.54) is 0 Å². The van der Waals surface area contributed by atoms with Gasteiger partial charge in [0.15, 0.2) is 6.10 Å². The normalized spacial score (nSPS) is 12.4. The Balaban J connectivity index is 2.64. The largest absolute Gasteiger partial charge is 0.481 e. The Morgan fingerprint density at radius 2 is 2.00 bits per heavy atom. The number of benzene rings is 1. The van der Waals surface area contributed by atoms with Gasteiger partial charge in [-0.25, -0.2) is 0 Å². The molecule has 1 rings (SSSR count). The second kappa shape index (κ2) is 5.92. The van der Waals surface area contributed by atoms with E-state index in [-0.39, 0.29) is 11.9 Å². The molecule has 0 spiro atoms. The van der Waals surface area contributed by atoms with Gasteiger partial charge in [-0.3, -0.25) is 4.79 Å². The van der Waals surface area contributed by atoms with Crippen molar-refractivity contribution in [2.45, 2.75) is 39.8 Å². The monoisotopic (exact) mass is 255 g/mol. The molecule has 94 valence electrons. The molecule has 1 atom stereocenters. The molecule has 0 aliphatic carbocycles. The van der Waals surface area contributed by atoms with Crippen molar-refractivity contribution in [2.75, 3.05) is 0 Å². The number of nitrogens with one attached hydrogen (secondary N) is 1. The van der Waals surface area contributed by atoms with Crippen LogP contribution in [0, 0.1) is 6.92 Å². The van der Waals surface area contributed by atoms with Gasteiger partial charge in [0.05, 0.1) is 0 Å². The Labute approximate surface area is 107 Å². The van der Waals surface area contributed by atoms with Crippen LogP contribution < -0.4 is 10.1 Å². The molecule has 0 saturated carbocycles. The lowest BCUT2D eigenvalue weighted by atomic mass is 10.2. The standard InChI is InChI=1S/C13H18ClNO2/c1-8(2)15-13(16)10(4)17-11-5-6-12(14)9(3)7-11/h5-8,10H,1-4H3,(H,15,16). The zero-order valence-electron chi connectivity index (χ0n) is 10.6. The van der Waals surface area contributed by atoms with E-state index in [0.717, 1.165) is 5.56 Å². The molecule has 1 N–H and O–H groups in total. The maximum absolute atomic E-state index is 11.6. The number of carbonyl (C=O) groups excluding carboxylic acids is 1. The molecular formula is C13H18ClNO2. The number of hydrogen-bond donors (Lipinski definition) is 1. The second-order valence-corrected chi connectivity index (χ2v) is 4.74. The van der Waals surface area contributed by atoms with Crippen molar-refractivity contribution < 1.29 is 9.53 Å². The molecule has 0 aromatic heterocycles. The maximum Gasteiger partial charge on any atom is 0.260 e. The third-order valence-corrected chi connectivity index (χ3v) is 2.67. The summed E-state index contributed by atoms with van der Waals surface area (Å²) in [5.41, 5.74) is 0.931. The number of rotatable bonds is 4. The highest BCUT2D eigenvalue weighted by molar-refractivity contribution is 6.31. The zero-order valence-corrected chi connectivity index (χ0v) is 11.3.